The number of likely N-dealkylation sites (tertiary alicyclic amines) is 1. The molecule has 0 unspecified atom stereocenters. The molecule has 4 rings (SSSR count). The van der Waals surface area contributed by atoms with Gasteiger partial charge in [0.1, 0.15) is 0 Å². The molecule has 2 amide bonds. The third kappa shape index (κ3) is 4.89. The molecule has 156 valence electrons. The molecule has 6 heteroatoms. The first-order chi connectivity index (χ1) is 14.7. The van der Waals surface area contributed by atoms with E-state index in [0.717, 1.165) is 35.2 Å². The topological polar surface area (TPSA) is 75.8 Å². The van der Waals surface area contributed by atoms with E-state index in [1.165, 1.54) is 17.7 Å². The molecule has 3 N–H and O–H groups in total. The van der Waals surface area contributed by atoms with Gasteiger partial charge in [-0.2, -0.15) is 0 Å². The number of fused-ring (bicyclic) bond motifs is 1. The number of hydrogen-bond donors (Lipinski definition) is 3. The second kappa shape index (κ2) is 9.59. The van der Waals surface area contributed by atoms with Gasteiger partial charge in [0.2, 0.25) is 11.8 Å². The van der Waals surface area contributed by atoms with Crippen LogP contribution in [-0.4, -0.2) is 38.0 Å². The highest BCUT2D eigenvalue weighted by Gasteiger charge is 2.29. The average molecular weight is 407 g/mol. The quantitative estimate of drug-likeness (QED) is 0.532. The van der Waals surface area contributed by atoms with E-state index in [9.17, 15) is 9.59 Å². The molecule has 1 atom stereocenters. The molecule has 0 bridgehead atoms. The Hall–Kier alpha value is -3.12. The number of hydrogen-bond acceptors (Lipinski definition) is 3. The molecule has 2 heterocycles. The van der Waals surface area contributed by atoms with Crippen molar-refractivity contribution < 1.29 is 18.9 Å². The number of rotatable bonds is 8. The highest BCUT2D eigenvalue weighted by molar-refractivity contribution is 5.91. The molecule has 2 aromatic carbocycles. The highest BCUT2D eigenvalue weighted by Crippen LogP contribution is 2.18. The summed E-state index contributed by atoms with van der Waals surface area (Å²) in [7, 11) is 0. The van der Waals surface area contributed by atoms with Crippen molar-refractivity contribution in [1.29, 1.82) is 0 Å². The highest BCUT2D eigenvalue weighted by atomic mass is 16.3. The van der Waals surface area contributed by atoms with Crippen LogP contribution >= 0.6 is 0 Å². The summed E-state index contributed by atoms with van der Waals surface area (Å²) >= 11 is 0. The van der Waals surface area contributed by atoms with Crippen LogP contribution in [0, 0.1) is 0 Å². The third-order valence-electron chi connectivity index (χ3n) is 5.81. The maximum atomic E-state index is 12.4. The van der Waals surface area contributed by atoms with Crippen LogP contribution in [0.4, 0.5) is 0 Å². The molecule has 1 saturated heterocycles. The minimum absolute atomic E-state index is 0.0240. The monoisotopic (exact) mass is 406 g/mol. The fourth-order valence-electron chi connectivity index (χ4n) is 4.25. The smallest absolute Gasteiger partial charge is 0.239 e. The third-order valence-corrected chi connectivity index (χ3v) is 5.81. The maximum Gasteiger partial charge on any atom is 0.239 e. The Morgan fingerprint density at radius 1 is 0.933 bits per heavy atom. The van der Waals surface area contributed by atoms with E-state index >= 15 is 0 Å². The van der Waals surface area contributed by atoms with E-state index in [4.69, 9.17) is 4.42 Å². The molecular formula is C24H28N3O3+. The van der Waals surface area contributed by atoms with Crippen LogP contribution in [-0.2, 0) is 16.0 Å². The molecule has 3 aromatic rings. The fourth-order valence-corrected chi connectivity index (χ4v) is 4.25. The summed E-state index contributed by atoms with van der Waals surface area (Å²) in [6.45, 7) is 2.65. The summed E-state index contributed by atoms with van der Waals surface area (Å²) in [5, 5.41) is 7.87. The number of quaternary nitrogens is 1. The van der Waals surface area contributed by atoms with Crippen molar-refractivity contribution in [2.45, 2.75) is 25.3 Å². The van der Waals surface area contributed by atoms with Crippen molar-refractivity contribution in [3.8, 4) is 0 Å². The molecule has 1 aliphatic rings. The predicted molar refractivity (Wildman–Crippen MR) is 115 cm³/mol. The number of furan rings is 1. The van der Waals surface area contributed by atoms with Crippen LogP contribution in [0.1, 0.15) is 30.2 Å². The van der Waals surface area contributed by atoms with Crippen LogP contribution < -0.4 is 15.5 Å². The fraction of sp³-hybridized carbons (Fsp3) is 0.333. The van der Waals surface area contributed by atoms with E-state index < -0.39 is 0 Å². The molecular weight excluding hydrogens is 378 g/mol. The lowest BCUT2D eigenvalue weighted by molar-refractivity contribution is -0.919. The van der Waals surface area contributed by atoms with Crippen LogP contribution in [0.25, 0.3) is 10.8 Å². The van der Waals surface area contributed by atoms with Crippen LogP contribution in [0.3, 0.4) is 0 Å². The van der Waals surface area contributed by atoms with Gasteiger partial charge in [0.15, 0.2) is 11.8 Å². The molecule has 1 aliphatic heterocycles. The van der Waals surface area contributed by atoms with Gasteiger partial charge in [-0.3, -0.25) is 9.59 Å². The predicted octanol–water partition coefficient (Wildman–Crippen LogP) is 1.63. The first-order valence-electron chi connectivity index (χ1n) is 10.6. The minimum atomic E-state index is -0.184. The SMILES string of the molecule is O=C(CNC(=O)Cc1cccc2ccccc12)NC[C@@H](c1ccco1)[NH+]1CCCC1. The van der Waals surface area contributed by atoms with Crippen LogP contribution in [0.2, 0.25) is 0 Å². The first-order valence-corrected chi connectivity index (χ1v) is 10.6. The lowest BCUT2D eigenvalue weighted by Crippen LogP contribution is -3.11. The normalized spacial score (nSPS) is 15.2. The zero-order chi connectivity index (χ0) is 20.8. The van der Waals surface area contributed by atoms with Crippen LogP contribution in [0.15, 0.2) is 65.3 Å². The number of carbonyl (C=O) groups excluding carboxylic acids is 2. The van der Waals surface area contributed by atoms with Crippen molar-refractivity contribution in [2.75, 3.05) is 26.2 Å². The Morgan fingerprint density at radius 2 is 1.73 bits per heavy atom. The van der Waals surface area contributed by atoms with E-state index in [1.54, 1.807) is 6.26 Å². The lowest BCUT2D eigenvalue weighted by atomic mass is 10.0. The van der Waals surface area contributed by atoms with Gasteiger partial charge in [-0.25, -0.2) is 0 Å². The summed E-state index contributed by atoms with van der Waals surface area (Å²) in [4.78, 5) is 26.2. The molecule has 0 saturated carbocycles. The summed E-state index contributed by atoms with van der Waals surface area (Å²) in [6.07, 6.45) is 4.32. The summed E-state index contributed by atoms with van der Waals surface area (Å²) in [5.41, 5.74) is 0.960. The van der Waals surface area contributed by atoms with Crippen molar-refractivity contribution in [3.63, 3.8) is 0 Å². The number of benzene rings is 2. The van der Waals surface area contributed by atoms with E-state index in [2.05, 4.69) is 10.6 Å². The zero-order valence-corrected chi connectivity index (χ0v) is 17.0. The van der Waals surface area contributed by atoms with E-state index in [-0.39, 0.29) is 30.8 Å². The second-order valence-electron chi connectivity index (χ2n) is 7.83. The Labute approximate surface area is 176 Å². The average Bonchev–Trinajstić information content (AvgIpc) is 3.48. The van der Waals surface area contributed by atoms with Gasteiger partial charge in [0, 0.05) is 12.8 Å². The molecule has 1 aromatic heterocycles. The lowest BCUT2D eigenvalue weighted by Gasteiger charge is -2.23. The van der Waals surface area contributed by atoms with Gasteiger partial charge in [-0.15, -0.1) is 0 Å². The van der Waals surface area contributed by atoms with Gasteiger partial charge in [-0.05, 0) is 28.5 Å². The van der Waals surface area contributed by atoms with Crippen molar-refractivity contribution in [1.82, 2.24) is 10.6 Å². The molecule has 6 nitrogen and oxygen atoms in total. The van der Waals surface area contributed by atoms with Gasteiger partial charge < -0.3 is 20.0 Å². The number of nitrogens with one attached hydrogen (secondary N) is 3. The molecule has 0 spiro atoms. The molecule has 1 fully saturated rings. The minimum Gasteiger partial charge on any atom is -0.463 e. The largest absolute Gasteiger partial charge is 0.463 e. The van der Waals surface area contributed by atoms with Crippen molar-refractivity contribution in [2.24, 2.45) is 0 Å². The summed E-state index contributed by atoms with van der Waals surface area (Å²) in [5.74, 6) is 0.554. The molecule has 0 radical (unpaired) electrons. The standard InChI is InChI=1S/C24H27N3O3/c28-23(15-19-9-5-8-18-7-1-2-10-20(18)19)26-17-24(29)25-16-21(22-11-6-14-30-22)27-12-3-4-13-27/h1-2,5-11,14,21H,3-4,12-13,15-17H2,(H,25,29)(H,26,28)/p+1/t21-/m0/s1. The molecule has 30 heavy (non-hydrogen) atoms. The first kappa shape index (κ1) is 20.2. The van der Waals surface area contributed by atoms with Crippen molar-refractivity contribution >= 4 is 22.6 Å². The summed E-state index contributed by atoms with van der Waals surface area (Å²) in [6, 6.07) is 17.9. The Bertz CT molecular complexity index is 989. The maximum absolute atomic E-state index is 12.4. The van der Waals surface area contributed by atoms with E-state index in [0.29, 0.717) is 6.54 Å². The second-order valence-corrected chi connectivity index (χ2v) is 7.83. The van der Waals surface area contributed by atoms with E-state index in [1.807, 2.05) is 54.6 Å². The van der Waals surface area contributed by atoms with Gasteiger partial charge >= 0.3 is 0 Å². The zero-order valence-electron chi connectivity index (χ0n) is 17.0. The summed E-state index contributed by atoms with van der Waals surface area (Å²) < 4.78 is 5.60. The number of amides is 2. The number of carbonyl (C=O) groups is 2. The van der Waals surface area contributed by atoms with Crippen molar-refractivity contribution in [3.05, 3.63) is 72.2 Å². The Morgan fingerprint density at radius 3 is 2.53 bits per heavy atom. The Balaban J connectivity index is 1.28. The van der Waals surface area contributed by atoms with Gasteiger partial charge in [0.05, 0.1) is 38.9 Å². The molecule has 0 aliphatic carbocycles. The Kier molecular flexibility index (Phi) is 6.44. The van der Waals surface area contributed by atoms with Crippen LogP contribution in [0.5, 0.6) is 0 Å². The van der Waals surface area contributed by atoms with Gasteiger partial charge in [0.25, 0.3) is 0 Å². The van der Waals surface area contributed by atoms with Gasteiger partial charge in [-0.1, -0.05) is 42.5 Å².